The van der Waals surface area contributed by atoms with Crippen molar-refractivity contribution >= 4 is 44.9 Å². The molecule has 1 aliphatic rings. The molecule has 0 atom stereocenters. The topological polar surface area (TPSA) is 46.6 Å². The molecule has 0 aliphatic carbocycles. The van der Waals surface area contributed by atoms with Gasteiger partial charge >= 0.3 is 0 Å². The minimum absolute atomic E-state index is 0.230. The molecule has 0 N–H and O–H groups in total. The fourth-order valence-corrected chi connectivity index (χ4v) is 3.54. The fourth-order valence-electron chi connectivity index (χ4n) is 2.39. The maximum absolute atomic E-state index is 12.2. The van der Waals surface area contributed by atoms with Crippen LogP contribution >= 0.6 is 27.7 Å². The number of nitrogens with zero attached hydrogens (tertiary/aromatic N) is 1. The highest BCUT2D eigenvalue weighted by molar-refractivity contribution is 9.10. The van der Waals surface area contributed by atoms with E-state index in [0.29, 0.717) is 23.8 Å². The molecular weight excluding hydrogens is 402 g/mol. The molecule has 2 aromatic carbocycles. The number of hydrogen-bond acceptors (Lipinski definition) is 4. The zero-order valence-corrected chi connectivity index (χ0v) is 16.0. The number of hydrogen-bond donors (Lipinski definition) is 0. The van der Waals surface area contributed by atoms with E-state index in [9.17, 15) is 9.59 Å². The molecule has 0 spiro atoms. The Balaban J connectivity index is 1.79. The lowest BCUT2D eigenvalue weighted by molar-refractivity contribution is -0.122. The molecule has 0 radical (unpaired) electrons. The smallest absolute Gasteiger partial charge is 0.293 e. The van der Waals surface area contributed by atoms with Crippen LogP contribution in [0.2, 0.25) is 0 Å². The second kappa shape index (κ2) is 7.89. The maximum atomic E-state index is 12.2. The monoisotopic (exact) mass is 417 g/mol. The molecule has 0 bridgehead atoms. The van der Waals surface area contributed by atoms with Gasteiger partial charge in [0.25, 0.3) is 11.1 Å². The van der Waals surface area contributed by atoms with E-state index in [1.165, 1.54) is 4.90 Å². The zero-order chi connectivity index (χ0) is 17.8. The summed E-state index contributed by atoms with van der Waals surface area (Å²) >= 11 is 4.37. The predicted molar refractivity (Wildman–Crippen MR) is 103 cm³/mol. The van der Waals surface area contributed by atoms with Crippen LogP contribution in [0.4, 0.5) is 4.79 Å². The Bertz CT molecular complexity index is 833. The summed E-state index contributed by atoms with van der Waals surface area (Å²) in [5.74, 6) is 0.425. The molecule has 1 heterocycles. The molecule has 1 aliphatic heterocycles. The highest BCUT2D eigenvalue weighted by atomic mass is 79.9. The third-order valence-electron chi connectivity index (χ3n) is 3.70. The molecule has 4 nitrogen and oxygen atoms in total. The normalized spacial score (nSPS) is 15.9. The standard InChI is InChI=1S/C19H16BrNO3S/c1-2-21-18(22)17(25-19(21)23)11-14-5-3-4-6-16(14)24-12-13-7-9-15(20)10-8-13/h3-11H,2,12H2,1H3/b17-11-. The molecule has 128 valence electrons. The molecular formula is C19H16BrNO3S. The summed E-state index contributed by atoms with van der Waals surface area (Å²) in [7, 11) is 0. The molecule has 1 fully saturated rings. The van der Waals surface area contributed by atoms with Crippen LogP contribution in [0.5, 0.6) is 5.75 Å². The van der Waals surface area contributed by atoms with Crippen molar-refractivity contribution in [2.45, 2.75) is 13.5 Å². The lowest BCUT2D eigenvalue weighted by atomic mass is 10.1. The van der Waals surface area contributed by atoms with Crippen LogP contribution in [0, 0.1) is 0 Å². The van der Waals surface area contributed by atoms with Gasteiger partial charge in [0.1, 0.15) is 12.4 Å². The Labute approximate surface area is 159 Å². The van der Waals surface area contributed by atoms with Gasteiger partial charge in [-0.15, -0.1) is 0 Å². The van der Waals surface area contributed by atoms with Gasteiger partial charge in [0.05, 0.1) is 4.91 Å². The van der Waals surface area contributed by atoms with Gasteiger partial charge in [0.2, 0.25) is 0 Å². The van der Waals surface area contributed by atoms with E-state index in [2.05, 4.69) is 15.9 Å². The third-order valence-corrected chi connectivity index (χ3v) is 5.14. The predicted octanol–water partition coefficient (Wildman–Crippen LogP) is 5.08. The largest absolute Gasteiger partial charge is 0.488 e. The molecule has 0 saturated carbocycles. The molecule has 25 heavy (non-hydrogen) atoms. The van der Waals surface area contributed by atoms with E-state index in [-0.39, 0.29) is 11.1 Å². The van der Waals surface area contributed by atoms with Crippen LogP contribution in [0.25, 0.3) is 6.08 Å². The Kier molecular flexibility index (Phi) is 5.60. The summed E-state index contributed by atoms with van der Waals surface area (Å²) in [6.07, 6.45) is 1.72. The Morgan fingerprint density at radius 2 is 1.84 bits per heavy atom. The molecule has 3 rings (SSSR count). The average molecular weight is 418 g/mol. The first-order chi connectivity index (χ1) is 12.1. The number of para-hydroxylation sites is 1. The number of imide groups is 1. The van der Waals surface area contributed by atoms with Crippen LogP contribution in [0.1, 0.15) is 18.1 Å². The first kappa shape index (κ1) is 17.8. The molecule has 6 heteroatoms. The minimum atomic E-state index is -0.250. The van der Waals surface area contributed by atoms with Crippen molar-refractivity contribution in [2.24, 2.45) is 0 Å². The Morgan fingerprint density at radius 3 is 2.52 bits per heavy atom. The van der Waals surface area contributed by atoms with Crippen LogP contribution in [-0.2, 0) is 11.4 Å². The molecule has 0 unspecified atom stereocenters. The summed E-state index contributed by atoms with van der Waals surface area (Å²) in [5.41, 5.74) is 1.82. The first-order valence-corrected chi connectivity index (χ1v) is 9.41. The molecule has 2 amide bonds. The summed E-state index contributed by atoms with van der Waals surface area (Å²) in [5, 5.41) is -0.230. The Hall–Kier alpha value is -2.05. The average Bonchev–Trinajstić information content (AvgIpc) is 2.88. The molecule has 0 aromatic heterocycles. The number of likely N-dealkylation sites (N-methyl/N-ethyl adjacent to an activating group) is 1. The van der Waals surface area contributed by atoms with E-state index in [0.717, 1.165) is 27.4 Å². The number of thioether (sulfide) groups is 1. The van der Waals surface area contributed by atoms with Gasteiger partial charge < -0.3 is 4.74 Å². The number of benzene rings is 2. The van der Waals surface area contributed by atoms with E-state index < -0.39 is 0 Å². The number of rotatable bonds is 5. The Morgan fingerprint density at radius 1 is 1.12 bits per heavy atom. The van der Waals surface area contributed by atoms with Gasteiger partial charge in [0, 0.05) is 16.6 Å². The highest BCUT2D eigenvalue weighted by Gasteiger charge is 2.33. The molecule has 1 saturated heterocycles. The van der Waals surface area contributed by atoms with Gasteiger partial charge in [-0.3, -0.25) is 14.5 Å². The SMILES string of the molecule is CCN1C(=O)S/C(=C\c2ccccc2OCc2ccc(Br)cc2)C1=O. The molecule has 2 aromatic rings. The van der Waals surface area contributed by atoms with Gasteiger partial charge in [-0.25, -0.2) is 0 Å². The quantitative estimate of drug-likeness (QED) is 0.635. The van der Waals surface area contributed by atoms with Gasteiger partial charge in [0.15, 0.2) is 0 Å². The van der Waals surface area contributed by atoms with Crippen molar-refractivity contribution in [1.29, 1.82) is 0 Å². The van der Waals surface area contributed by atoms with E-state index in [4.69, 9.17) is 4.74 Å². The van der Waals surface area contributed by atoms with E-state index in [1.54, 1.807) is 13.0 Å². The maximum Gasteiger partial charge on any atom is 0.293 e. The van der Waals surface area contributed by atoms with Crippen molar-refractivity contribution in [1.82, 2.24) is 4.90 Å². The van der Waals surface area contributed by atoms with Gasteiger partial charge in [-0.2, -0.15) is 0 Å². The van der Waals surface area contributed by atoms with E-state index >= 15 is 0 Å². The fraction of sp³-hybridized carbons (Fsp3) is 0.158. The third kappa shape index (κ3) is 4.14. The van der Waals surface area contributed by atoms with E-state index in [1.807, 2.05) is 48.5 Å². The lowest BCUT2D eigenvalue weighted by Gasteiger charge is -2.10. The van der Waals surface area contributed by atoms with Crippen LogP contribution < -0.4 is 4.74 Å². The number of amides is 2. The van der Waals surface area contributed by atoms with Crippen LogP contribution in [0.15, 0.2) is 57.9 Å². The van der Waals surface area contributed by atoms with Crippen molar-refractivity contribution in [3.05, 3.63) is 69.0 Å². The second-order valence-corrected chi connectivity index (χ2v) is 7.29. The van der Waals surface area contributed by atoms with Gasteiger partial charge in [-0.05, 0) is 48.5 Å². The lowest BCUT2D eigenvalue weighted by Crippen LogP contribution is -2.27. The summed E-state index contributed by atoms with van der Waals surface area (Å²) in [6, 6.07) is 15.4. The van der Waals surface area contributed by atoms with Gasteiger partial charge in [-0.1, -0.05) is 46.3 Å². The van der Waals surface area contributed by atoms with Crippen molar-refractivity contribution in [3.63, 3.8) is 0 Å². The van der Waals surface area contributed by atoms with Crippen LogP contribution in [0.3, 0.4) is 0 Å². The number of carbonyl (C=O) groups is 2. The zero-order valence-electron chi connectivity index (χ0n) is 13.6. The van der Waals surface area contributed by atoms with Crippen molar-refractivity contribution < 1.29 is 14.3 Å². The summed E-state index contributed by atoms with van der Waals surface area (Å²) in [6.45, 7) is 2.59. The van der Waals surface area contributed by atoms with Crippen molar-refractivity contribution in [2.75, 3.05) is 6.54 Å². The number of halogens is 1. The number of carbonyl (C=O) groups excluding carboxylic acids is 2. The minimum Gasteiger partial charge on any atom is -0.488 e. The second-order valence-electron chi connectivity index (χ2n) is 5.38. The first-order valence-electron chi connectivity index (χ1n) is 7.80. The van der Waals surface area contributed by atoms with Crippen molar-refractivity contribution in [3.8, 4) is 5.75 Å². The summed E-state index contributed by atoms with van der Waals surface area (Å²) < 4.78 is 6.93. The highest BCUT2D eigenvalue weighted by Crippen LogP contribution is 2.33. The summed E-state index contributed by atoms with van der Waals surface area (Å²) in [4.78, 5) is 25.7. The number of ether oxygens (including phenoxy) is 1. The van der Waals surface area contributed by atoms with Crippen LogP contribution in [-0.4, -0.2) is 22.6 Å².